The van der Waals surface area contributed by atoms with Gasteiger partial charge in [0.1, 0.15) is 17.1 Å². The van der Waals surface area contributed by atoms with Crippen LogP contribution < -0.4 is 5.56 Å². The van der Waals surface area contributed by atoms with Gasteiger partial charge in [0.25, 0.3) is 5.56 Å². The van der Waals surface area contributed by atoms with E-state index in [9.17, 15) is 15.0 Å². The van der Waals surface area contributed by atoms with Crippen molar-refractivity contribution < 1.29 is 10.2 Å². The maximum Gasteiger partial charge on any atom is 0.275 e. The normalized spacial score (nSPS) is 26.6. The Morgan fingerprint density at radius 1 is 1.15 bits per heavy atom. The highest BCUT2D eigenvalue weighted by molar-refractivity contribution is 6.14. The zero-order chi connectivity index (χ0) is 18.3. The molecule has 4 atom stereocenters. The van der Waals surface area contributed by atoms with Crippen molar-refractivity contribution in [3.05, 3.63) is 64.3 Å². The van der Waals surface area contributed by atoms with Crippen LogP contribution in [0.25, 0.3) is 11.0 Å². The monoisotopic (exact) mass is 374 g/mol. The number of fused-ring (bicyclic) bond motifs is 1. The lowest BCUT2D eigenvalue weighted by atomic mass is 9.99. The van der Waals surface area contributed by atoms with E-state index in [1.54, 1.807) is 6.20 Å². The molecule has 0 amide bonds. The third-order valence-corrected chi connectivity index (χ3v) is 5.50. The van der Waals surface area contributed by atoms with Crippen molar-refractivity contribution in [3.63, 3.8) is 0 Å². The van der Waals surface area contributed by atoms with Crippen LogP contribution in [0.1, 0.15) is 23.6 Å². The zero-order valence-electron chi connectivity index (χ0n) is 13.8. The Bertz CT molecular complexity index is 958. The lowest BCUT2D eigenvalue weighted by Crippen LogP contribution is -2.32. The number of rotatable bonds is 4. The first-order valence-corrected chi connectivity index (χ1v) is 8.80. The molecular formula is C18H19ClN4O3. The van der Waals surface area contributed by atoms with Crippen molar-refractivity contribution in [2.24, 2.45) is 0 Å². The molecule has 8 heteroatoms. The minimum atomic E-state index is -1.08. The summed E-state index contributed by atoms with van der Waals surface area (Å²) < 4.78 is 1.46. The number of aliphatic hydroxyl groups excluding tert-OH is 2. The summed E-state index contributed by atoms with van der Waals surface area (Å²) in [5.74, 6) is 0. The van der Waals surface area contributed by atoms with Crippen LogP contribution >= 0.6 is 11.8 Å². The molecule has 0 spiro atoms. The van der Waals surface area contributed by atoms with E-state index in [1.807, 2.05) is 30.3 Å². The summed E-state index contributed by atoms with van der Waals surface area (Å²) in [6, 6.07) is 8.84. The Morgan fingerprint density at radius 2 is 1.92 bits per heavy atom. The van der Waals surface area contributed by atoms with Gasteiger partial charge in [-0.2, -0.15) is 0 Å². The third kappa shape index (κ3) is 2.83. The van der Waals surface area contributed by atoms with Gasteiger partial charge in [-0.25, -0.2) is 9.40 Å². The summed E-state index contributed by atoms with van der Waals surface area (Å²) in [6.07, 6.45) is 2.19. The van der Waals surface area contributed by atoms with Gasteiger partial charge in [-0.1, -0.05) is 30.3 Å². The number of hydrogen-bond donors (Lipinski definition) is 4. The second kappa shape index (κ2) is 6.85. The highest BCUT2D eigenvalue weighted by Crippen LogP contribution is 2.41. The molecule has 4 rings (SSSR count). The van der Waals surface area contributed by atoms with Gasteiger partial charge >= 0.3 is 0 Å². The number of H-pyrrole nitrogens is 2. The van der Waals surface area contributed by atoms with Crippen LogP contribution in [-0.2, 0) is 6.42 Å². The van der Waals surface area contributed by atoms with Crippen LogP contribution in [0.4, 0.5) is 0 Å². The Morgan fingerprint density at radius 3 is 2.69 bits per heavy atom. The van der Waals surface area contributed by atoms with Crippen molar-refractivity contribution in [1.29, 1.82) is 0 Å². The predicted molar refractivity (Wildman–Crippen MR) is 97.7 cm³/mol. The molecule has 0 bridgehead atoms. The van der Waals surface area contributed by atoms with Crippen LogP contribution in [0.2, 0.25) is 0 Å². The van der Waals surface area contributed by atoms with Crippen molar-refractivity contribution in [3.8, 4) is 0 Å². The number of aryl methyl sites for hydroxylation is 1. The fourth-order valence-corrected chi connectivity index (χ4v) is 4.11. The first-order valence-electron chi connectivity index (χ1n) is 8.46. The van der Waals surface area contributed by atoms with Crippen molar-refractivity contribution >= 4 is 22.8 Å². The first-order chi connectivity index (χ1) is 12.6. The van der Waals surface area contributed by atoms with Gasteiger partial charge in [0.05, 0.1) is 24.5 Å². The third-order valence-electron chi connectivity index (χ3n) is 5.04. The zero-order valence-corrected chi connectivity index (χ0v) is 14.6. The van der Waals surface area contributed by atoms with Gasteiger partial charge < -0.3 is 20.2 Å². The number of aromatic nitrogens is 3. The summed E-state index contributed by atoms with van der Waals surface area (Å²) in [6.45, 7) is 0. The second-order valence-electron chi connectivity index (χ2n) is 6.56. The quantitative estimate of drug-likeness (QED) is 0.518. The molecule has 0 aliphatic carbocycles. The Balaban J connectivity index is 1.61. The lowest BCUT2D eigenvalue weighted by Gasteiger charge is -2.22. The van der Waals surface area contributed by atoms with E-state index in [4.69, 9.17) is 11.8 Å². The average molecular weight is 375 g/mol. The molecule has 3 aromatic rings. The summed E-state index contributed by atoms with van der Waals surface area (Å²) in [5.41, 5.74) is 2.20. The topological polar surface area (TPSA) is 105 Å². The Kier molecular flexibility index (Phi) is 4.54. The summed E-state index contributed by atoms with van der Waals surface area (Å²) in [7, 11) is 0. The van der Waals surface area contributed by atoms with E-state index in [0.717, 1.165) is 12.0 Å². The smallest absolute Gasteiger partial charge is 0.275 e. The van der Waals surface area contributed by atoms with E-state index >= 15 is 0 Å². The van der Waals surface area contributed by atoms with Crippen molar-refractivity contribution in [2.45, 2.75) is 37.1 Å². The number of halogens is 1. The standard InChI is InChI=1S/C18H19ClN4O3/c19-23-12(7-6-10-4-2-1-3-5-10)16(24)17(25)15(23)11-8-20-14-13(11)21-9-22-18(14)26/h1-5,8-9,12,15-17,20,24-25H,6-7H2,(H,21,22,26). The highest BCUT2D eigenvalue weighted by Gasteiger charge is 2.48. The van der Waals surface area contributed by atoms with E-state index in [1.165, 1.54) is 10.7 Å². The van der Waals surface area contributed by atoms with Crippen molar-refractivity contribution in [1.82, 2.24) is 19.4 Å². The maximum absolute atomic E-state index is 11.9. The van der Waals surface area contributed by atoms with Crippen LogP contribution in [0.5, 0.6) is 0 Å². The molecule has 136 valence electrons. The number of aliphatic hydroxyl groups is 2. The Hall–Kier alpha value is -2.19. The molecule has 1 aliphatic heterocycles. The van der Waals surface area contributed by atoms with Gasteiger partial charge in [0.15, 0.2) is 0 Å². The summed E-state index contributed by atoms with van der Waals surface area (Å²) in [5, 5.41) is 21.1. The molecule has 1 aliphatic rings. The molecule has 1 aromatic carbocycles. The minimum Gasteiger partial charge on any atom is -0.389 e. The molecule has 7 nitrogen and oxygen atoms in total. The number of nitrogens with zero attached hydrogens (tertiary/aromatic N) is 2. The molecule has 2 aromatic heterocycles. The minimum absolute atomic E-state index is 0.295. The highest BCUT2D eigenvalue weighted by atomic mass is 35.5. The molecule has 4 unspecified atom stereocenters. The van der Waals surface area contributed by atoms with Gasteiger partial charge in [-0.15, -0.1) is 0 Å². The van der Waals surface area contributed by atoms with Gasteiger partial charge in [-0.3, -0.25) is 4.79 Å². The Labute approximate surface area is 154 Å². The number of nitrogens with one attached hydrogen (secondary N) is 2. The van der Waals surface area contributed by atoms with E-state index in [2.05, 4.69) is 15.0 Å². The molecule has 1 saturated heterocycles. The van der Waals surface area contributed by atoms with E-state index in [-0.39, 0.29) is 5.56 Å². The van der Waals surface area contributed by atoms with Gasteiger partial charge in [0.2, 0.25) is 0 Å². The molecule has 4 N–H and O–H groups in total. The van der Waals surface area contributed by atoms with Gasteiger partial charge in [0, 0.05) is 11.8 Å². The number of hydrogen-bond acceptors (Lipinski definition) is 5. The maximum atomic E-state index is 11.9. The molecular weight excluding hydrogens is 356 g/mol. The number of aromatic amines is 2. The fraction of sp³-hybridized carbons (Fsp3) is 0.333. The largest absolute Gasteiger partial charge is 0.389 e. The molecule has 3 heterocycles. The van der Waals surface area contributed by atoms with Crippen LogP contribution in [0, 0.1) is 0 Å². The predicted octanol–water partition coefficient (Wildman–Crippen LogP) is 1.48. The van der Waals surface area contributed by atoms with Gasteiger partial charge in [-0.05, 0) is 30.2 Å². The van der Waals surface area contributed by atoms with Crippen LogP contribution in [0.3, 0.4) is 0 Å². The molecule has 0 saturated carbocycles. The lowest BCUT2D eigenvalue weighted by molar-refractivity contribution is 0.0270. The average Bonchev–Trinajstić information content (AvgIpc) is 3.15. The fourth-order valence-electron chi connectivity index (χ4n) is 3.68. The SMILES string of the molecule is O=c1[nH]cnc2c(C3C(O)C(O)C(CCc4ccccc4)N3Cl)c[nH]c12. The molecule has 26 heavy (non-hydrogen) atoms. The molecule has 1 fully saturated rings. The first kappa shape index (κ1) is 17.2. The number of benzene rings is 1. The van der Waals surface area contributed by atoms with Crippen LogP contribution in [-0.4, -0.2) is 47.8 Å². The van der Waals surface area contributed by atoms with Crippen molar-refractivity contribution in [2.75, 3.05) is 0 Å². The summed E-state index contributed by atoms with van der Waals surface area (Å²) >= 11 is 6.52. The van der Waals surface area contributed by atoms with E-state index in [0.29, 0.717) is 23.0 Å². The van der Waals surface area contributed by atoms with Crippen LogP contribution in [0.15, 0.2) is 47.7 Å². The molecule has 0 radical (unpaired) electrons. The second-order valence-corrected chi connectivity index (χ2v) is 6.95. The van der Waals surface area contributed by atoms with E-state index < -0.39 is 24.3 Å². The summed E-state index contributed by atoms with van der Waals surface area (Å²) in [4.78, 5) is 21.4.